The molecule has 0 aliphatic heterocycles. The molecule has 22 heavy (non-hydrogen) atoms. The van der Waals surface area contributed by atoms with Crippen LogP contribution in [0.5, 0.6) is 11.5 Å². The van der Waals surface area contributed by atoms with Crippen molar-refractivity contribution < 1.29 is 14.3 Å². The summed E-state index contributed by atoms with van der Waals surface area (Å²) in [6.07, 6.45) is 0. The first-order chi connectivity index (χ1) is 10.6. The fourth-order valence-corrected chi connectivity index (χ4v) is 1.99. The van der Waals surface area contributed by atoms with E-state index in [1.54, 1.807) is 42.5 Å². The SMILES string of the molecule is CCOc1ccc(C(C)=O)cc1COc1ccc(C#N)cc1. The molecule has 0 aliphatic rings. The van der Waals surface area contributed by atoms with Crippen LogP contribution in [0.3, 0.4) is 0 Å². The van der Waals surface area contributed by atoms with Crippen molar-refractivity contribution in [2.45, 2.75) is 20.5 Å². The van der Waals surface area contributed by atoms with Gasteiger partial charge in [0.2, 0.25) is 0 Å². The molecule has 0 saturated carbocycles. The number of benzene rings is 2. The molecule has 0 saturated heterocycles. The van der Waals surface area contributed by atoms with E-state index in [0.717, 1.165) is 5.56 Å². The Kier molecular flexibility index (Phi) is 5.16. The second-order valence-corrected chi connectivity index (χ2v) is 4.74. The highest BCUT2D eigenvalue weighted by molar-refractivity contribution is 5.94. The lowest BCUT2D eigenvalue weighted by Gasteiger charge is -2.12. The molecule has 0 aliphatic carbocycles. The van der Waals surface area contributed by atoms with Crippen molar-refractivity contribution >= 4 is 5.78 Å². The summed E-state index contributed by atoms with van der Waals surface area (Å²) in [5.74, 6) is 1.37. The number of hydrogen-bond donors (Lipinski definition) is 0. The maximum atomic E-state index is 11.5. The monoisotopic (exact) mass is 295 g/mol. The Labute approximate surface area is 129 Å². The Hall–Kier alpha value is -2.80. The minimum absolute atomic E-state index is 0.00247. The Morgan fingerprint density at radius 3 is 2.45 bits per heavy atom. The summed E-state index contributed by atoms with van der Waals surface area (Å²) in [7, 11) is 0. The summed E-state index contributed by atoms with van der Waals surface area (Å²) >= 11 is 0. The van der Waals surface area contributed by atoms with Crippen LogP contribution in [0, 0.1) is 11.3 Å². The van der Waals surface area contributed by atoms with E-state index >= 15 is 0 Å². The van der Waals surface area contributed by atoms with Gasteiger partial charge in [0.1, 0.15) is 18.1 Å². The number of hydrogen-bond acceptors (Lipinski definition) is 4. The second kappa shape index (κ2) is 7.28. The lowest BCUT2D eigenvalue weighted by molar-refractivity contribution is 0.101. The molecular formula is C18H17NO3. The molecule has 0 heterocycles. The van der Waals surface area contributed by atoms with E-state index in [4.69, 9.17) is 14.7 Å². The van der Waals surface area contributed by atoms with E-state index in [2.05, 4.69) is 6.07 Å². The number of Topliss-reactive ketones (excluding diaryl/α,β-unsaturated/α-hetero) is 1. The van der Waals surface area contributed by atoms with Crippen molar-refractivity contribution in [1.82, 2.24) is 0 Å². The third-order valence-corrected chi connectivity index (χ3v) is 3.14. The molecule has 0 fully saturated rings. The van der Waals surface area contributed by atoms with Crippen LogP contribution in [-0.2, 0) is 6.61 Å². The molecule has 0 unspecified atom stereocenters. The van der Waals surface area contributed by atoms with Gasteiger partial charge in [-0.15, -0.1) is 0 Å². The maximum absolute atomic E-state index is 11.5. The summed E-state index contributed by atoms with van der Waals surface area (Å²) in [4.78, 5) is 11.5. The highest BCUT2D eigenvalue weighted by atomic mass is 16.5. The molecule has 0 amide bonds. The predicted octanol–water partition coefficient (Wildman–Crippen LogP) is 3.74. The van der Waals surface area contributed by atoms with E-state index < -0.39 is 0 Å². The summed E-state index contributed by atoms with van der Waals surface area (Å²) in [6, 6.07) is 14.3. The van der Waals surface area contributed by atoms with Crippen LogP contribution < -0.4 is 9.47 Å². The number of carbonyl (C=O) groups excluding carboxylic acids is 1. The smallest absolute Gasteiger partial charge is 0.159 e. The van der Waals surface area contributed by atoms with Gasteiger partial charge >= 0.3 is 0 Å². The first-order valence-electron chi connectivity index (χ1n) is 7.03. The van der Waals surface area contributed by atoms with Gasteiger partial charge in [-0.2, -0.15) is 5.26 Å². The van der Waals surface area contributed by atoms with Crippen LogP contribution in [-0.4, -0.2) is 12.4 Å². The molecule has 2 rings (SSSR count). The molecule has 0 bridgehead atoms. The summed E-state index contributed by atoms with van der Waals surface area (Å²) in [5.41, 5.74) is 2.03. The Balaban J connectivity index is 2.17. The number of rotatable bonds is 6. The van der Waals surface area contributed by atoms with Gasteiger partial charge in [0.05, 0.1) is 18.2 Å². The highest BCUT2D eigenvalue weighted by Gasteiger charge is 2.08. The van der Waals surface area contributed by atoms with Crippen molar-refractivity contribution in [2.24, 2.45) is 0 Å². The largest absolute Gasteiger partial charge is 0.493 e. The molecule has 0 N–H and O–H groups in total. The molecule has 2 aromatic carbocycles. The van der Waals surface area contributed by atoms with E-state index in [0.29, 0.717) is 35.8 Å². The quantitative estimate of drug-likeness (QED) is 0.762. The molecule has 0 radical (unpaired) electrons. The number of ketones is 1. The summed E-state index contributed by atoms with van der Waals surface area (Å²) < 4.78 is 11.3. The lowest BCUT2D eigenvalue weighted by Crippen LogP contribution is -2.03. The molecule has 4 heteroatoms. The third kappa shape index (κ3) is 3.86. The highest BCUT2D eigenvalue weighted by Crippen LogP contribution is 2.23. The number of nitrogens with zero attached hydrogens (tertiary/aromatic N) is 1. The van der Waals surface area contributed by atoms with Crippen molar-refractivity contribution in [3.8, 4) is 17.6 Å². The Morgan fingerprint density at radius 1 is 1.14 bits per heavy atom. The third-order valence-electron chi connectivity index (χ3n) is 3.14. The van der Waals surface area contributed by atoms with E-state index in [9.17, 15) is 4.79 Å². The van der Waals surface area contributed by atoms with E-state index in [-0.39, 0.29) is 5.78 Å². The predicted molar refractivity (Wildman–Crippen MR) is 83.1 cm³/mol. The molecule has 2 aromatic rings. The molecule has 0 atom stereocenters. The molecule has 0 spiro atoms. The average molecular weight is 295 g/mol. The summed E-state index contributed by atoms with van der Waals surface area (Å²) in [6.45, 7) is 4.27. The molecule has 112 valence electrons. The van der Waals surface area contributed by atoms with Crippen molar-refractivity contribution in [3.05, 3.63) is 59.2 Å². The van der Waals surface area contributed by atoms with Gasteiger partial charge in [-0.05, 0) is 56.3 Å². The first kappa shape index (κ1) is 15.6. The zero-order valence-corrected chi connectivity index (χ0v) is 12.6. The van der Waals surface area contributed by atoms with Gasteiger partial charge < -0.3 is 9.47 Å². The van der Waals surface area contributed by atoms with Crippen LogP contribution in [0.25, 0.3) is 0 Å². The number of nitriles is 1. The second-order valence-electron chi connectivity index (χ2n) is 4.74. The first-order valence-corrected chi connectivity index (χ1v) is 7.03. The van der Waals surface area contributed by atoms with E-state index in [1.807, 2.05) is 6.92 Å². The van der Waals surface area contributed by atoms with Gasteiger partial charge in [-0.25, -0.2) is 0 Å². The normalized spacial score (nSPS) is 9.86. The molecule has 0 aromatic heterocycles. The van der Waals surface area contributed by atoms with Gasteiger partial charge in [0, 0.05) is 11.1 Å². The van der Waals surface area contributed by atoms with Crippen LogP contribution in [0.2, 0.25) is 0 Å². The van der Waals surface area contributed by atoms with Gasteiger partial charge in [0.25, 0.3) is 0 Å². The van der Waals surface area contributed by atoms with Crippen LogP contribution in [0.1, 0.15) is 35.3 Å². The lowest BCUT2D eigenvalue weighted by atomic mass is 10.1. The van der Waals surface area contributed by atoms with Gasteiger partial charge in [-0.3, -0.25) is 4.79 Å². The average Bonchev–Trinajstić information content (AvgIpc) is 2.54. The number of carbonyl (C=O) groups is 1. The topological polar surface area (TPSA) is 59.3 Å². The van der Waals surface area contributed by atoms with Crippen LogP contribution >= 0.6 is 0 Å². The van der Waals surface area contributed by atoms with E-state index in [1.165, 1.54) is 6.92 Å². The fourth-order valence-electron chi connectivity index (χ4n) is 1.99. The molecular weight excluding hydrogens is 278 g/mol. The minimum Gasteiger partial charge on any atom is -0.493 e. The van der Waals surface area contributed by atoms with Crippen molar-refractivity contribution in [2.75, 3.05) is 6.61 Å². The standard InChI is InChI=1S/C18H17NO3/c1-3-21-18-9-6-15(13(2)20)10-16(18)12-22-17-7-4-14(11-19)5-8-17/h4-10H,3,12H2,1-2H3. The maximum Gasteiger partial charge on any atom is 0.159 e. The van der Waals surface area contributed by atoms with Crippen LogP contribution in [0.15, 0.2) is 42.5 Å². The van der Waals surface area contributed by atoms with Gasteiger partial charge in [-0.1, -0.05) is 0 Å². The van der Waals surface area contributed by atoms with Crippen molar-refractivity contribution in [1.29, 1.82) is 5.26 Å². The Morgan fingerprint density at radius 2 is 1.86 bits per heavy atom. The minimum atomic E-state index is 0.00247. The van der Waals surface area contributed by atoms with Crippen molar-refractivity contribution in [3.63, 3.8) is 0 Å². The number of ether oxygens (including phenoxy) is 2. The van der Waals surface area contributed by atoms with Crippen LogP contribution in [0.4, 0.5) is 0 Å². The fraction of sp³-hybridized carbons (Fsp3) is 0.222. The summed E-state index contributed by atoms with van der Waals surface area (Å²) in [5, 5.41) is 8.78. The molecule has 4 nitrogen and oxygen atoms in total. The van der Waals surface area contributed by atoms with Gasteiger partial charge in [0.15, 0.2) is 5.78 Å². The zero-order chi connectivity index (χ0) is 15.9. The Bertz CT molecular complexity index is 699. The zero-order valence-electron chi connectivity index (χ0n) is 12.6.